The van der Waals surface area contributed by atoms with Gasteiger partial charge in [-0.25, -0.2) is 4.39 Å². The van der Waals surface area contributed by atoms with E-state index in [1.54, 1.807) is 24.3 Å². The maximum atomic E-state index is 12.8. The summed E-state index contributed by atoms with van der Waals surface area (Å²) < 4.78 is 18.3. The van der Waals surface area contributed by atoms with E-state index in [4.69, 9.17) is 4.74 Å². The van der Waals surface area contributed by atoms with Gasteiger partial charge in [-0.15, -0.1) is 0 Å². The summed E-state index contributed by atoms with van der Waals surface area (Å²) >= 11 is 3.29. The minimum atomic E-state index is -0.488. The highest BCUT2D eigenvalue weighted by atomic mass is 79.9. The van der Waals surface area contributed by atoms with E-state index >= 15 is 0 Å². The number of halogens is 2. The van der Waals surface area contributed by atoms with Gasteiger partial charge in [-0.2, -0.15) is 0 Å². The molecule has 0 aliphatic rings. The van der Waals surface area contributed by atoms with Gasteiger partial charge in [0.25, 0.3) is 0 Å². The van der Waals surface area contributed by atoms with E-state index in [9.17, 15) is 14.5 Å². The second kappa shape index (κ2) is 6.47. The number of alkyl halides is 1. The van der Waals surface area contributed by atoms with Crippen molar-refractivity contribution in [1.29, 1.82) is 0 Å². The molecule has 0 saturated carbocycles. The number of nitrogens with zero attached hydrogens (tertiary/aromatic N) is 1. The number of hydrogen-bond acceptors (Lipinski definition) is 3. The summed E-state index contributed by atoms with van der Waals surface area (Å²) in [6, 6.07) is 10.5. The van der Waals surface area contributed by atoms with Crippen molar-refractivity contribution in [3.05, 3.63) is 69.5 Å². The summed E-state index contributed by atoms with van der Waals surface area (Å²) in [5.41, 5.74) is 1.53. The molecule has 0 amide bonds. The smallest absolute Gasteiger partial charge is 0.310 e. The summed E-state index contributed by atoms with van der Waals surface area (Å²) in [6.07, 6.45) is 0. The van der Waals surface area contributed by atoms with Crippen LogP contribution in [0.25, 0.3) is 0 Å². The van der Waals surface area contributed by atoms with Crippen LogP contribution in [-0.4, -0.2) is 4.92 Å². The van der Waals surface area contributed by atoms with Crippen molar-refractivity contribution < 1.29 is 14.1 Å². The van der Waals surface area contributed by atoms with Gasteiger partial charge in [0.15, 0.2) is 5.75 Å². The molecule has 104 valence electrons. The molecule has 0 atom stereocenters. The molecule has 6 heteroatoms. The first-order valence-corrected chi connectivity index (χ1v) is 6.93. The number of nitro groups is 1. The molecule has 0 radical (unpaired) electrons. The molecule has 0 aliphatic carbocycles. The van der Waals surface area contributed by atoms with Gasteiger partial charge in [0, 0.05) is 11.4 Å². The maximum absolute atomic E-state index is 12.8. The van der Waals surface area contributed by atoms with Crippen LogP contribution in [0.5, 0.6) is 5.75 Å². The normalized spacial score (nSPS) is 10.3. The van der Waals surface area contributed by atoms with Crippen LogP contribution in [0.4, 0.5) is 10.1 Å². The lowest BCUT2D eigenvalue weighted by Gasteiger charge is -2.08. The summed E-state index contributed by atoms with van der Waals surface area (Å²) in [5, 5.41) is 11.5. The lowest BCUT2D eigenvalue weighted by Crippen LogP contribution is -2.00. The molecule has 0 aliphatic heterocycles. The average Bonchev–Trinajstić information content (AvgIpc) is 2.46. The second-order valence-corrected chi connectivity index (χ2v) is 4.67. The number of benzene rings is 2. The molecule has 0 unspecified atom stereocenters. The Bertz CT molecular complexity index is 616. The highest BCUT2D eigenvalue weighted by Crippen LogP contribution is 2.29. The van der Waals surface area contributed by atoms with Crippen molar-refractivity contribution in [1.82, 2.24) is 0 Å². The van der Waals surface area contributed by atoms with Crippen molar-refractivity contribution in [2.75, 3.05) is 0 Å². The average molecular weight is 340 g/mol. The Labute approximate surface area is 123 Å². The minimum absolute atomic E-state index is 0.0863. The van der Waals surface area contributed by atoms with Crippen LogP contribution in [0, 0.1) is 15.9 Å². The topological polar surface area (TPSA) is 52.4 Å². The van der Waals surface area contributed by atoms with Gasteiger partial charge in [-0.05, 0) is 29.3 Å². The standard InChI is InChI=1S/C14H11BrFNO3/c15-8-11-3-6-13(17(18)19)14(7-11)20-9-10-1-4-12(16)5-2-10/h1-7H,8-9H2. The lowest BCUT2D eigenvalue weighted by atomic mass is 10.2. The fourth-order valence-electron chi connectivity index (χ4n) is 1.65. The summed E-state index contributed by atoms with van der Waals surface area (Å²) in [4.78, 5) is 10.5. The van der Waals surface area contributed by atoms with Crippen molar-refractivity contribution in [2.45, 2.75) is 11.9 Å². The fraction of sp³-hybridized carbons (Fsp3) is 0.143. The van der Waals surface area contributed by atoms with Crippen LogP contribution in [0.3, 0.4) is 0 Å². The fourth-order valence-corrected chi connectivity index (χ4v) is 2.00. The van der Waals surface area contributed by atoms with Crippen molar-refractivity contribution in [2.24, 2.45) is 0 Å². The quantitative estimate of drug-likeness (QED) is 0.465. The van der Waals surface area contributed by atoms with E-state index in [-0.39, 0.29) is 23.9 Å². The zero-order chi connectivity index (χ0) is 14.5. The third kappa shape index (κ3) is 3.54. The molecule has 0 bridgehead atoms. The van der Waals surface area contributed by atoms with Gasteiger partial charge in [0.1, 0.15) is 12.4 Å². The van der Waals surface area contributed by atoms with Gasteiger partial charge >= 0.3 is 5.69 Å². The van der Waals surface area contributed by atoms with E-state index in [2.05, 4.69) is 15.9 Å². The van der Waals surface area contributed by atoms with Crippen LogP contribution in [0.15, 0.2) is 42.5 Å². The SMILES string of the molecule is O=[N+]([O-])c1ccc(CBr)cc1OCc1ccc(F)cc1. The Hall–Kier alpha value is -1.95. The highest BCUT2D eigenvalue weighted by molar-refractivity contribution is 9.08. The van der Waals surface area contributed by atoms with E-state index < -0.39 is 4.92 Å². The number of hydrogen-bond donors (Lipinski definition) is 0. The van der Waals surface area contributed by atoms with E-state index in [1.165, 1.54) is 18.2 Å². The van der Waals surface area contributed by atoms with Crippen LogP contribution in [-0.2, 0) is 11.9 Å². The molecule has 4 nitrogen and oxygen atoms in total. The van der Waals surface area contributed by atoms with Gasteiger partial charge in [-0.3, -0.25) is 10.1 Å². The van der Waals surface area contributed by atoms with Gasteiger partial charge in [0.2, 0.25) is 0 Å². The van der Waals surface area contributed by atoms with Crippen LogP contribution in [0.1, 0.15) is 11.1 Å². The Morgan fingerprint density at radius 1 is 1.15 bits per heavy atom. The molecule has 0 heterocycles. The lowest BCUT2D eigenvalue weighted by molar-refractivity contribution is -0.386. The third-order valence-electron chi connectivity index (χ3n) is 2.68. The second-order valence-electron chi connectivity index (χ2n) is 4.11. The molecule has 0 aromatic heterocycles. The van der Waals surface area contributed by atoms with Crippen LogP contribution in [0.2, 0.25) is 0 Å². The first-order chi connectivity index (χ1) is 9.60. The first kappa shape index (κ1) is 14.5. The summed E-state index contributed by atoms with van der Waals surface area (Å²) in [7, 11) is 0. The molecular formula is C14H11BrFNO3. The Balaban J connectivity index is 2.18. The highest BCUT2D eigenvalue weighted by Gasteiger charge is 2.15. The van der Waals surface area contributed by atoms with Crippen LogP contribution >= 0.6 is 15.9 Å². The van der Waals surface area contributed by atoms with E-state index in [0.29, 0.717) is 5.33 Å². The summed E-state index contributed by atoms with van der Waals surface area (Å²) in [5.74, 6) is -0.128. The van der Waals surface area contributed by atoms with Gasteiger partial charge < -0.3 is 4.74 Å². The molecule has 2 rings (SSSR count). The predicted molar refractivity (Wildman–Crippen MR) is 76.5 cm³/mol. The van der Waals surface area contributed by atoms with Crippen molar-refractivity contribution in [3.8, 4) is 5.75 Å². The predicted octanol–water partition coefficient (Wildman–Crippen LogP) is 4.21. The van der Waals surface area contributed by atoms with Crippen molar-refractivity contribution in [3.63, 3.8) is 0 Å². The third-order valence-corrected chi connectivity index (χ3v) is 3.33. The van der Waals surface area contributed by atoms with Gasteiger partial charge in [-0.1, -0.05) is 34.1 Å². The number of ether oxygens (including phenoxy) is 1. The molecule has 2 aromatic rings. The molecule has 0 saturated heterocycles. The molecule has 0 spiro atoms. The van der Waals surface area contributed by atoms with E-state index in [1.807, 2.05) is 0 Å². The largest absolute Gasteiger partial charge is 0.482 e. The van der Waals surface area contributed by atoms with E-state index in [0.717, 1.165) is 11.1 Å². The van der Waals surface area contributed by atoms with Crippen molar-refractivity contribution >= 4 is 21.6 Å². The number of nitro benzene ring substituents is 1. The maximum Gasteiger partial charge on any atom is 0.310 e. The molecule has 20 heavy (non-hydrogen) atoms. The molecule has 0 N–H and O–H groups in total. The number of rotatable bonds is 5. The molecular weight excluding hydrogens is 329 g/mol. The first-order valence-electron chi connectivity index (χ1n) is 5.80. The molecule has 0 fully saturated rings. The monoisotopic (exact) mass is 339 g/mol. The minimum Gasteiger partial charge on any atom is -0.482 e. The Kier molecular flexibility index (Phi) is 4.68. The zero-order valence-corrected chi connectivity index (χ0v) is 12.0. The Morgan fingerprint density at radius 2 is 1.80 bits per heavy atom. The molecule has 2 aromatic carbocycles. The Morgan fingerprint density at radius 3 is 2.40 bits per heavy atom. The van der Waals surface area contributed by atoms with Gasteiger partial charge in [0.05, 0.1) is 4.92 Å². The van der Waals surface area contributed by atoms with Crippen LogP contribution < -0.4 is 4.74 Å². The zero-order valence-electron chi connectivity index (χ0n) is 10.4. The summed E-state index contributed by atoms with van der Waals surface area (Å²) in [6.45, 7) is 0.146.